The van der Waals surface area contributed by atoms with Gasteiger partial charge in [0.25, 0.3) is 5.91 Å². The zero-order valence-corrected chi connectivity index (χ0v) is 15.4. The summed E-state index contributed by atoms with van der Waals surface area (Å²) in [6.45, 7) is 2.41. The molecule has 0 aromatic heterocycles. The quantitative estimate of drug-likeness (QED) is 0.586. The molecule has 0 unspecified atom stereocenters. The van der Waals surface area contributed by atoms with Gasteiger partial charge in [0, 0.05) is 11.3 Å². The Bertz CT molecular complexity index is 867. The smallest absolute Gasteiger partial charge is 0.466 e. The molecule has 1 heterocycles. The summed E-state index contributed by atoms with van der Waals surface area (Å²) in [6, 6.07) is 14.8. The molecule has 0 spiro atoms. The number of nitrogens with zero attached hydrogens (tertiary/aromatic N) is 1. The number of anilines is 1. The average Bonchev–Trinajstić information content (AvgIpc) is 2.92. The summed E-state index contributed by atoms with van der Waals surface area (Å²) in [5.41, 5.74) is 3.32. The van der Waals surface area contributed by atoms with Crippen LogP contribution >= 0.6 is 7.82 Å². The normalized spacial score (nSPS) is 14.2. The third kappa shape index (κ3) is 5.48. The first-order valence-corrected chi connectivity index (χ1v) is 9.69. The Morgan fingerprint density at radius 3 is 2.15 bits per heavy atom. The van der Waals surface area contributed by atoms with Crippen molar-refractivity contribution >= 4 is 25.4 Å². The first kappa shape index (κ1) is 20.8. The number of fused-ring (bicyclic) bond motifs is 1. The van der Waals surface area contributed by atoms with Crippen molar-refractivity contribution in [2.75, 3.05) is 4.90 Å². The molecule has 0 bridgehead atoms. The van der Waals surface area contributed by atoms with Gasteiger partial charge in [-0.1, -0.05) is 37.3 Å². The van der Waals surface area contributed by atoms with Crippen molar-refractivity contribution < 1.29 is 33.9 Å². The number of rotatable bonds is 4. The van der Waals surface area contributed by atoms with Crippen LogP contribution in [0.15, 0.2) is 48.5 Å². The molecule has 3 rings (SSSR count). The summed E-state index contributed by atoms with van der Waals surface area (Å²) in [6.07, 6.45) is 0.544. The van der Waals surface area contributed by atoms with E-state index in [-0.39, 0.29) is 5.91 Å². The number of aliphatic carboxylic acids is 1. The van der Waals surface area contributed by atoms with Crippen molar-refractivity contribution in [2.45, 2.75) is 25.8 Å². The van der Waals surface area contributed by atoms with Gasteiger partial charge in [-0.15, -0.1) is 0 Å². The van der Waals surface area contributed by atoms with Crippen molar-refractivity contribution in [3.63, 3.8) is 0 Å². The van der Waals surface area contributed by atoms with E-state index in [1.54, 1.807) is 17.0 Å². The predicted molar refractivity (Wildman–Crippen MR) is 98.3 cm³/mol. The fourth-order valence-electron chi connectivity index (χ4n) is 2.90. The largest absolute Gasteiger partial charge is 0.481 e. The highest BCUT2D eigenvalue weighted by molar-refractivity contribution is 7.45. The SMILES string of the molecule is CC[C@H](C(=O)O)c1ccc(N2Cc3ccccc3C2=O)cc1.O=P(O)(O)O. The van der Waals surface area contributed by atoms with Gasteiger partial charge in [-0.3, -0.25) is 9.59 Å². The van der Waals surface area contributed by atoms with Crippen LogP contribution in [0, 0.1) is 0 Å². The first-order valence-electron chi connectivity index (χ1n) is 8.12. The summed E-state index contributed by atoms with van der Waals surface area (Å²) in [7, 11) is -4.64. The highest BCUT2D eigenvalue weighted by Crippen LogP contribution is 2.30. The molecule has 1 amide bonds. The number of phosphoric acid groups is 1. The number of carboxylic acids is 1. The van der Waals surface area contributed by atoms with Crippen molar-refractivity contribution in [2.24, 2.45) is 0 Å². The van der Waals surface area contributed by atoms with E-state index in [1.807, 2.05) is 43.3 Å². The van der Waals surface area contributed by atoms with Gasteiger partial charge in [0.05, 0.1) is 12.5 Å². The van der Waals surface area contributed by atoms with Crippen molar-refractivity contribution in [3.8, 4) is 0 Å². The van der Waals surface area contributed by atoms with Crippen LogP contribution < -0.4 is 4.90 Å². The third-order valence-corrected chi connectivity index (χ3v) is 4.13. The van der Waals surface area contributed by atoms with Crippen molar-refractivity contribution in [1.29, 1.82) is 0 Å². The van der Waals surface area contributed by atoms with E-state index < -0.39 is 19.7 Å². The Labute approximate surface area is 155 Å². The van der Waals surface area contributed by atoms with E-state index in [0.29, 0.717) is 13.0 Å². The standard InChI is InChI=1S/C18H17NO3.H3O4P/c1-2-15(18(21)22)12-7-9-14(10-8-12)19-11-13-5-3-4-6-16(13)17(19)20;1-5(2,3)4/h3-10,15H,2,11H2,1H3,(H,21,22);(H3,1,2,3,4)/t15-;/m0./s1. The summed E-state index contributed by atoms with van der Waals surface area (Å²) >= 11 is 0. The zero-order valence-electron chi connectivity index (χ0n) is 14.5. The molecule has 0 saturated heterocycles. The topological polar surface area (TPSA) is 135 Å². The molecule has 1 atom stereocenters. The van der Waals surface area contributed by atoms with Crippen LogP contribution in [0.1, 0.15) is 40.7 Å². The Hall–Kier alpha value is -2.51. The van der Waals surface area contributed by atoms with E-state index in [9.17, 15) is 14.7 Å². The number of carbonyl (C=O) groups excluding carboxylic acids is 1. The number of hydrogen-bond donors (Lipinski definition) is 4. The molecule has 27 heavy (non-hydrogen) atoms. The molecule has 0 fully saturated rings. The molecular formula is C18H20NO7P. The van der Waals surface area contributed by atoms with E-state index in [1.165, 1.54) is 0 Å². The number of hydrogen-bond acceptors (Lipinski definition) is 3. The number of carbonyl (C=O) groups is 2. The number of carboxylic acid groups (broad SMARTS) is 1. The second-order valence-corrected chi connectivity index (χ2v) is 6.98. The Kier molecular flexibility index (Phi) is 6.51. The molecule has 0 aliphatic carbocycles. The molecular weight excluding hydrogens is 373 g/mol. The van der Waals surface area contributed by atoms with Crippen LogP contribution in [-0.2, 0) is 15.9 Å². The van der Waals surface area contributed by atoms with Gasteiger partial charge in [0.1, 0.15) is 0 Å². The van der Waals surface area contributed by atoms with Gasteiger partial charge in [0.15, 0.2) is 0 Å². The summed E-state index contributed by atoms with van der Waals surface area (Å²) in [4.78, 5) is 46.9. The molecule has 8 nitrogen and oxygen atoms in total. The van der Waals surface area contributed by atoms with E-state index in [0.717, 1.165) is 22.4 Å². The second kappa shape index (κ2) is 8.45. The molecule has 1 aliphatic rings. The lowest BCUT2D eigenvalue weighted by atomic mass is 9.96. The van der Waals surface area contributed by atoms with E-state index >= 15 is 0 Å². The van der Waals surface area contributed by atoms with E-state index in [2.05, 4.69) is 0 Å². The zero-order chi connectivity index (χ0) is 20.2. The monoisotopic (exact) mass is 393 g/mol. The Balaban J connectivity index is 0.000000465. The fraction of sp³-hybridized carbons (Fsp3) is 0.222. The van der Waals surface area contributed by atoms with Crippen LogP contribution in [0.5, 0.6) is 0 Å². The first-order chi connectivity index (χ1) is 12.6. The minimum absolute atomic E-state index is 0.00590. The summed E-state index contributed by atoms with van der Waals surface area (Å²) < 4.78 is 8.88. The van der Waals surface area contributed by atoms with Crippen LogP contribution in [0.25, 0.3) is 0 Å². The fourth-order valence-corrected chi connectivity index (χ4v) is 2.90. The van der Waals surface area contributed by atoms with Gasteiger partial charge in [-0.25, -0.2) is 4.57 Å². The van der Waals surface area contributed by atoms with Gasteiger partial charge in [0.2, 0.25) is 0 Å². The highest BCUT2D eigenvalue weighted by Gasteiger charge is 2.28. The lowest BCUT2D eigenvalue weighted by molar-refractivity contribution is -0.138. The number of amides is 1. The minimum atomic E-state index is -4.64. The van der Waals surface area contributed by atoms with Crippen LogP contribution in [-0.4, -0.2) is 31.7 Å². The summed E-state index contributed by atoms with van der Waals surface area (Å²) in [5.74, 6) is -1.32. The molecule has 9 heteroatoms. The van der Waals surface area contributed by atoms with Crippen molar-refractivity contribution in [3.05, 3.63) is 65.2 Å². The maximum atomic E-state index is 12.4. The molecule has 144 valence electrons. The van der Waals surface area contributed by atoms with Crippen LogP contribution in [0.3, 0.4) is 0 Å². The lowest BCUT2D eigenvalue weighted by Crippen LogP contribution is -2.23. The van der Waals surface area contributed by atoms with Gasteiger partial charge < -0.3 is 24.7 Å². The maximum Gasteiger partial charge on any atom is 0.466 e. The van der Waals surface area contributed by atoms with Crippen LogP contribution in [0.4, 0.5) is 5.69 Å². The van der Waals surface area contributed by atoms with Gasteiger partial charge in [-0.05, 0) is 35.7 Å². The van der Waals surface area contributed by atoms with Gasteiger partial charge in [-0.2, -0.15) is 0 Å². The lowest BCUT2D eigenvalue weighted by Gasteiger charge is -2.17. The third-order valence-electron chi connectivity index (χ3n) is 4.13. The number of benzene rings is 2. The van der Waals surface area contributed by atoms with Crippen LogP contribution in [0.2, 0.25) is 0 Å². The van der Waals surface area contributed by atoms with E-state index in [4.69, 9.17) is 19.2 Å². The highest BCUT2D eigenvalue weighted by atomic mass is 31.2. The Morgan fingerprint density at radius 1 is 1.11 bits per heavy atom. The second-order valence-electron chi connectivity index (χ2n) is 5.95. The predicted octanol–water partition coefficient (Wildman–Crippen LogP) is 2.50. The molecule has 0 radical (unpaired) electrons. The molecule has 4 N–H and O–H groups in total. The summed E-state index contributed by atoms with van der Waals surface area (Å²) in [5, 5.41) is 9.20. The molecule has 2 aromatic rings. The Morgan fingerprint density at radius 2 is 1.67 bits per heavy atom. The van der Waals surface area contributed by atoms with Crippen molar-refractivity contribution in [1.82, 2.24) is 0 Å². The minimum Gasteiger partial charge on any atom is -0.481 e. The average molecular weight is 393 g/mol. The van der Waals surface area contributed by atoms with Gasteiger partial charge >= 0.3 is 13.8 Å². The molecule has 2 aromatic carbocycles. The maximum absolute atomic E-state index is 12.4. The molecule has 0 saturated carbocycles. The molecule has 1 aliphatic heterocycles.